The van der Waals surface area contributed by atoms with E-state index < -0.39 is 0 Å². The molecule has 1 aliphatic rings. The van der Waals surface area contributed by atoms with Gasteiger partial charge in [0.1, 0.15) is 0 Å². The van der Waals surface area contributed by atoms with E-state index in [1.54, 1.807) is 21.0 Å². The maximum absolute atomic E-state index is 12.1. The number of Topliss-reactive ketones (excluding diaryl/α,β-unsaturated/α-hetero) is 1. The highest BCUT2D eigenvalue weighted by Crippen LogP contribution is 2.29. The van der Waals surface area contributed by atoms with Crippen molar-refractivity contribution in [2.24, 2.45) is 10.9 Å². The van der Waals surface area contributed by atoms with Crippen LogP contribution in [0, 0.1) is 12.8 Å². The number of carbonyl (C=O) groups is 2. The lowest BCUT2D eigenvalue weighted by molar-refractivity contribution is -0.114. The van der Waals surface area contributed by atoms with Crippen molar-refractivity contribution in [1.29, 1.82) is 0 Å². The minimum absolute atomic E-state index is 0.0729. The van der Waals surface area contributed by atoms with Crippen molar-refractivity contribution < 1.29 is 9.59 Å². The number of nitrogens with one attached hydrogen (secondary N) is 1. The number of aliphatic imine (C=N–C) groups is 1. The zero-order chi connectivity index (χ0) is 19.4. The molecule has 4 nitrogen and oxygen atoms in total. The van der Waals surface area contributed by atoms with Crippen LogP contribution in [-0.4, -0.2) is 31.5 Å². The SMILES string of the molecule is CN=C1C=C(c2ccc(C(=O)NC)cc2C)C=C/C1=C(\C(C)=O)C(C)C. The first-order valence-corrected chi connectivity index (χ1v) is 8.75. The molecule has 0 spiro atoms. The number of benzene rings is 1. The molecule has 0 heterocycles. The highest BCUT2D eigenvalue weighted by atomic mass is 16.1. The molecular formula is C22H26N2O2. The fourth-order valence-corrected chi connectivity index (χ4v) is 3.29. The van der Waals surface area contributed by atoms with E-state index >= 15 is 0 Å². The number of hydrogen-bond donors (Lipinski definition) is 1. The summed E-state index contributed by atoms with van der Waals surface area (Å²) in [5.41, 5.74) is 6.20. The lowest BCUT2D eigenvalue weighted by Gasteiger charge is -2.19. The summed E-state index contributed by atoms with van der Waals surface area (Å²) in [6, 6.07) is 5.65. The monoisotopic (exact) mass is 350 g/mol. The molecule has 0 radical (unpaired) electrons. The van der Waals surface area contributed by atoms with E-state index in [0.29, 0.717) is 5.56 Å². The molecule has 136 valence electrons. The van der Waals surface area contributed by atoms with E-state index in [9.17, 15) is 9.59 Å². The maximum Gasteiger partial charge on any atom is 0.251 e. The minimum Gasteiger partial charge on any atom is -0.355 e. The van der Waals surface area contributed by atoms with Gasteiger partial charge in [-0.3, -0.25) is 14.6 Å². The molecule has 4 heteroatoms. The Morgan fingerprint density at radius 2 is 1.85 bits per heavy atom. The third kappa shape index (κ3) is 3.90. The van der Waals surface area contributed by atoms with Gasteiger partial charge in [0.2, 0.25) is 0 Å². The molecule has 1 aromatic carbocycles. The fourth-order valence-electron chi connectivity index (χ4n) is 3.29. The second-order valence-electron chi connectivity index (χ2n) is 6.69. The zero-order valence-electron chi connectivity index (χ0n) is 16.3. The summed E-state index contributed by atoms with van der Waals surface area (Å²) >= 11 is 0. The van der Waals surface area contributed by atoms with Crippen LogP contribution >= 0.6 is 0 Å². The van der Waals surface area contributed by atoms with Crippen LogP contribution in [0.15, 0.2) is 52.6 Å². The number of nitrogens with zero attached hydrogens (tertiary/aromatic N) is 1. The number of rotatable bonds is 4. The van der Waals surface area contributed by atoms with Crippen molar-refractivity contribution in [2.45, 2.75) is 27.7 Å². The van der Waals surface area contributed by atoms with Gasteiger partial charge in [-0.1, -0.05) is 32.1 Å². The van der Waals surface area contributed by atoms with E-state index in [0.717, 1.165) is 33.6 Å². The molecule has 1 aliphatic carbocycles. The molecule has 0 saturated heterocycles. The molecule has 0 bridgehead atoms. The number of carbonyl (C=O) groups excluding carboxylic acids is 2. The first kappa shape index (κ1) is 19.6. The zero-order valence-corrected chi connectivity index (χ0v) is 16.3. The van der Waals surface area contributed by atoms with Crippen molar-refractivity contribution in [3.8, 4) is 0 Å². The average Bonchev–Trinajstić information content (AvgIpc) is 2.60. The molecule has 0 aliphatic heterocycles. The summed E-state index contributed by atoms with van der Waals surface area (Å²) in [7, 11) is 3.36. The average molecular weight is 350 g/mol. The topological polar surface area (TPSA) is 58.5 Å². The molecule has 0 fully saturated rings. The van der Waals surface area contributed by atoms with Crippen LogP contribution in [0.1, 0.15) is 42.3 Å². The van der Waals surface area contributed by atoms with Gasteiger partial charge >= 0.3 is 0 Å². The van der Waals surface area contributed by atoms with Gasteiger partial charge in [-0.2, -0.15) is 0 Å². The van der Waals surface area contributed by atoms with Crippen molar-refractivity contribution in [3.63, 3.8) is 0 Å². The van der Waals surface area contributed by atoms with Crippen molar-refractivity contribution in [2.75, 3.05) is 14.1 Å². The predicted octanol–water partition coefficient (Wildman–Crippen LogP) is 3.92. The van der Waals surface area contributed by atoms with Crippen molar-refractivity contribution in [3.05, 3.63) is 64.3 Å². The van der Waals surface area contributed by atoms with Gasteiger partial charge in [-0.05, 0) is 54.7 Å². The second-order valence-corrected chi connectivity index (χ2v) is 6.69. The molecular weight excluding hydrogens is 324 g/mol. The third-order valence-electron chi connectivity index (χ3n) is 4.51. The number of hydrogen-bond acceptors (Lipinski definition) is 3. The Kier molecular flexibility index (Phi) is 6.09. The Bertz CT molecular complexity index is 868. The summed E-state index contributed by atoms with van der Waals surface area (Å²) in [4.78, 5) is 28.3. The van der Waals surface area contributed by atoms with Crippen LogP contribution in [0.4, 0.5) is 0 Å². The first-order valence-electron chi connectivity index (χ1n) is 8.75. The molecule has 0 aromatic heterocycles. The lowest BCUT2D eigenvalue weighted by atomic mass is 9.86. The Morgan fingerprint density at radius 3 is 2.35 bits per heavy atom. The van der Waals surface area contributed by atoms with E-state index in [2.05, 4.69) is 10.3 Å². The van der Waals surface area contributed by atoms with Gasteiger partial charge in [0, 0.05) is 30.8 Å². The molecule has 0 saturated carbocycles. The van der Waals surface area contributed by atoms with Crippen molar-refractivity contribution >= 4 is 23.0 Å². The second kappa shape index (κ2) is 8.09. The van der Waals surface area contributed by atoms with Gasteiger partial charge in [0.15, 0.2) is 5.78 Å². The fraction of sp³-hybridized carbons (Fsp3) is 0.318. The summed E-state index contributed by atoms with van der Waals surface area (Å²) in [6.45, 7) is 7.63. The van der Waals surface area contributed by atoms with Gasteiger partial charge < -0.3 is 5.32 Å². The van der Waals surface area contributed by atoms with E-state index in [1.807, 2.05) is 57.2 Å². The molecule has 0 unspecified atom stereocenters. The molecule has 2 rings (SSSR count). The summed E-state index contributed by atoms with van der Waals surface area (Å²) in [5, 5.41) is 2.64. The molecule has 1 amide bonds. The van der Waals surface area contributed by atoms with Crippen LogP contribution in [0.25, 0.3) is 5.57 Å². The molecule has 26 heavy (non-hydrogen) atoms. The predicted molar refractivity (Wildman–Crippen MR) is 108 cm³/mol. The standard InChI is InChI=1S/C22H26N2O2/c1-13(2)21(15(4)25)19-10-7-16(12-20(19)23-5)18-9-8-17(11-14(18)3)22(26)24-6/h7-13H,1-6H3,(H,24,26)/b21-19+,23-20?. The van der Waals surface area contributed by atoms with Crippen LogP contribution in [0.3, 0.4) is 0 Å². The quantitative estimate of drug-likeness (QED) is 0.837. The van der Waals surface area contributed by atoms with Crippen LogP contribution in [0.2, 0.25) is 0 Å². The number of amides is 1. The normalized spacial score (nSPS) is 17.3. The molecule has 1 aromatic rings. The van der Waals surface area contributed by atoms with Gasteiger partial charge in [-0.15, -0.1) is 0 Å². The Labute approximate surface area is 155 Å². The van der Waals surface area contributed by atoms with Gasteiger partial charge in [-0.25, -0.2) is 0 Å². The molecule has 0 atom stereocenters. The summed E-state index contributed by atoms with van der Waals surface area (Å²) in [5.74, 6) is 0.105. The Hall–Kier alpha value is -2.75. The number of aryl methyl sites for hydroxylation is 1. The number of allylic oxidation sites excluding steroid dienone is 6. The largest absolute Gasteiger partial charge is 0.355 e. The maximum atomic E-state index is 12.1. The van der Waals surface area contributed by atoms with E-state index in [-0.39, 0.29) is 17.6 Å². The van der Waals surface area contributed by atoms with Gasteiger partial charge in [0.05, 0.1) is 5.71 Å². The van der Waals surface area contributed by atoms with E-state index in [1.165, 1.54) is 0 Å². The Balaban J connectivity index is 2.50. The highest BCUT2D eigenvalue weighted by molar-refractivity contribution is 6.20. The lowest BCUT2D eigenvalue weighted by Crippen LogP contribution is -2.18. The summed E-state index contributed by atoms with van der Waals surface area (Å²) < 4.78 is 0. The van der Waals surface area contributed by atoms with E-state index in [4.69, 9.17) is 0 Å². The smallest absolute Gasteiger partial charge is 0.251 e. The van der Waals surface area contributed by atoms with Crippen LogP contribution < -0.4 is 5.32 Å². The van der Waals surface area contributed by atoms with Crippen molar-refractivity contribution in [1.82, 2.24) is 5.32 Å². The summed E-state index contributed by atoms with van der Waals surface area (Å²) in [6.07, 6.45) is 5.99. The van der Waals surface area contributed by atoms with Gasteiger partial charge in [0.25, 0.3) is 5.91 Å². The van der Waals surface area contributed by atoms with Crippen LogP contribution in [0.5, 0.6) is 0 Å². The highest BCUT2D eigenvalue weighted by Gasteiger charge is 2.20. The van der Waals surface area contributed by atoms with Crippen LogP contribution in [-0.2, 0) is 4.79 Å². The third-order valence-corrected chi connectivity index (χ3v) is 4.51. The number of ketones is 1. The Morgan fingerprint density at radius 1 is 1.15 bits per heavy atom. The minimum atomic E-state index is -0.100. The first-order chi connectivity index (χ1) is 12.3. The molecule has 1 N–H and O–H groups in total.